The highest BCUT2D eigenvalue weighted by Crippen LogP contribution is 2.22. The van der Waals surface area contributed by atoms with Crippen LogP contribution in [0.25, 0.3) is 0 Å². The Kier molecular flexibility index (Phi) is 6.37. The number of amides is 1. The lowest BCUT2D eigenvalue weighted by atomic mass is 9.92. The minimum Gasteiger partial charge on any atom is -0.391 e. The summed E-state index contributed by atoms with van der Waals surface area (Å²) < 4.78 is 0. The van der Waals surface area contributed by atoms with Crippen molar-refractivity contribution in [1.29, 1.82) is 0 Å². The maximum absolute atomic E-state index is 12.5. The second-order valence-corrected chi connectivity index (χ2v) is 6.66. The van der Waals surface area contributed by atoms with Gasteiger partial charge < -0.3 is 14.9 Å². The highest BCUT2D eigenvalue weighted by Gasteiger charge is 2.32. The van der Waals surface area contributed by atoms with E-state index < -0.39 is 6.10 Å². The smallest absolute Gasteiger partial charge is 0.246 e. The van der Waals surface area contributed by atoms with Crippen LogP contribution in [0.15, 0.2) is 36.4 Å². The van der Waals surface area contributed by atoms with Gasteiger partial charge in [0.25, 0.3) is 0 Å². The van der Waals surface area contributed by atoms with Gasteiger partial charge in [-0.3, -0.25) is 4.79 Å². The molecule has 126 valence electrons. The summed E-state index contributed by atoms with van der Waals surface area (Å²) in [5, 5.41) is 10.4. The van der Waals surface area contributed by atoms with Crippen molar-refractivity contribution < 1.29 is 9.90 Å². The van der Waals surface area contributed by atoms with Crippen LogP contribution in [0.4, 0.5) is 0 Å². The minimum atomic E-state index is -0.448. The van der Waals surface area contributed by atoms with E-state index in [4.69, 9.17) is 0 Å². The highest BCUT2D eigenvalue weighted by atomic mass is 16.3. The summed E-state index contributed by atoms with van der Waals surface area (Å²) in [5.41, 5.74) is 2.38. The van der Waals surface area contributed by atoms with Gasteiger partial charge in [-0.15, -0.1) is 0 Å². The van der Waals surface area contributed by atoms with Crippen LogP contribution in [0.5, 0.6) is 0 Å². The molecule has 1 aliphatic rings. The molecular weight excluding hydrogens is 288 g/mol. The Morgan fingerprint density at radius 3 is 2.70 bits per heavy atom. The van der Waals surface area contributed by atoms with Crippen molar-refractivity contribution in [1.82, 2.24) is 9.80 Å². The van der Waals surface area contributed by atoms with Crippen LogP contribution in [-0.4, -0.2) is 60.1 Å². The number of aliphatic hydroxyl groups is 1. The van der Waals surface area contributed by atoms with Crippen molar-refractivity contribution in [2.24, 2.45) is 0 Å². The summed E-state index contributed by atoms with van der Waals surface area (Å²) in [6.45, 7) is 3.52. The van der Waals surface area contributed by atoms with Crippen LogP contribution in [0.1, 0.15) is 24.0 Å². The van der Waals surface area contributed by atoms with E-state index >= 15 is 0 Å². The molecule has 0 unspecified atom stereocenters. The fraction of sp³-hybridized carbons (Fsp3) is 0.526. The molecule has 0 radical (unpaired) electrons. The van der Waals surface area contributed by atoms with Crippen molar-refractivity contribution in [3.05, 3.63) is 47.5 Å². The number of aryl methyl sites for hydroxylation is 1. The first-order valence-electron chi connectivity index (χ1n) is 8.33. The van der Waals surface area contributed by atoms with Crippen molar-refractivity contribution in [2.45, 2.75) is 38.3 Å². The van der Waals surface area contributed by atoms with E-state index in [-0.39, 0.29) is 11.9 Å². The zero-order valence-electron chi connectivity index (χ0n) is 14.4. The summed E-state index contributed by atoms with van der Waals surface area (Å²) in [6, 6.07) is 8.19. The fourth-order valence-corrected chi connectivity index (χ4v) is 2.98. The summed E-state index contributed by atoms with van der Waals surface area (Å²) in [4.78, 5) is 16.3. The average Bonchev–Trinajstić information content (AvgIpc) is 2.51. The largest absolute Gasteiger partial charge is 0.391 e. The first kappa shape index (κ1) is 17.7. The number of benzene rings is 1. The molecule has 0 aliphatic carbocycles. The van der Waals surface area contributed by atoms with Gasteiger partial charge in [0.15, 0.2) is 0 Å². The van der Waals surface area contributed by atoms with Gasteiger partial charge in [0.05, 0.1) is 12.1 Å². The van der Waals surface area contributed by atoms with E-state index in [2.05, 4.69) is 31.2 Å². The van der Waals surface area contributed by atoms with Gasteiger partial charge in [-0.1, -0.05) is 35.9 Å². The van der Waals surface area contributed by atoms with Crippen molar-refractivity contribution in [3.8, 4) is 0 Å². The van der Waals surface area contributed by atoms with Crippen LogP contribution in [0.2, 0.25) is 0 Å². The first-order chi connectivity index (χ1) is 11.0. The molecule has 1 aliphatic heterocycles. The standard InChI is InChI=1S/C19H28N2O2/c1-15-8-10-16(11-9-15)14-17-18(22)6-4-13-21(17)19(23)7-5-12-20(2)3/h5,7-11,17-18,22H,4,6,12-14H2,1-3H3/b7-5+/t17-,18-/m0/s1. The van der Waals surface area contributed by atoms with E-state index in [1.165, 1.54) is 5.56 Å². The highest BCUT2D eigenvalue weighted by molar-refractivity contribution is 5.88. The topological polar surface area (TPSA) is 43.8 Å². The van der Waals surface area contributed by atoms with Gasteiger partial charge in [-0.05, 0) is 45.8 Å². The van der Waals surface area contributed by atoms with E-state index in [0.29, 0.717) is 6.42 Å². The summed E-state index contributed by atoms with van der Waals surface area (Å²) in [7, 11) is 3.94. The Morgan fingerprint density at radius 2 is 2.04 bits per heavy atom. The number of hydrogen-bond acceptors (Lipinski definition) is 3. The van der Waals surface area contributed by atoms with Gasteiger partial charge in [0.1, 0.15) is 0 Å². The molecule has 0 saturated carbocycles. The van der Waals surface area contributed by atoms with E-state index in [9.17, 15) is 9.90 Å². The molecule has 1 aromatic carbocycles. The molecule has 1 heterocycles. The van der Waals surface area contributed by atoms with Crippen molar-refractivity contribution in [2.75, 3.05) is 27.2 Å². The number of piperidine rings is 1. The van der Waals surface area contributed by atoms with Gasteiger partial charge in [0, 0.05) is 19.2 Å². The van der Waals surface area contributed by atoms with Gasteiger partial charge >= 0.3 is 0 Å². The van der Waals surface area contributed by atoms with Crippen LogP contribution in [-0.2, 0) is 11.2 Å². The number of rotatable bonds is 5. The molecule has 23 heavy (non-hydrogen) atoms. The average molecular weight is 316 g/mol. The molecule has 1 amide bonds. The molecular formula is C19H28N2O2. The summed E-state index contributed by atoms with van der Waals surface area (Å²) >= 11 is 0. The molecule has 1 aromatic rings. The Balaban J connectivity index is 2.07. The lowest BCUT2D eigenvalue weighted by Crippen LogP contribution is -2.51. The number of likely N-dealkylation sites (tertiary alicyclic amines) is 1. The third kappa shape index (κ3) is 5.19. The molecule has 1 fully saturated rings. The molecule has 0 aromatic heterocycles. The van der Waals surface area contributed by atoms with E-state index in [0.717, 1.165) is 31.5 Å². The molecule has 0 spiro atoms. The lowest BCUT2D eigenvalue weighted by Gasteiger charge is -2.38. The number of nitrogens with zero attached hydrogens (tertiary/aromatic N) is 2. The van der Waals surface area contributed by atoms with Crippen LogP contribution >= 0.6 is 0 Å². The van der Waals surface area contributed by atoms with Crippen molar-refractivity contribution >= 4 is 5.91 Å². The summed E-state index contributed by atoms with van der Waals surface area (Å²) in [6.07, 6.45) is 5.40. The fourth-order valence-electron chi connectivity index (χ4n) is 2.98. The van der Waals surface area contributed by atoms with E-state index in [1.807, 2.05) is 30.0 Å². The van der Waals surface area contributed by atoms with Gasteiger partial charge in [-0.25, -0.2) is 0 Å². The number of hydrogen-bond donors (Lipinski definition) is 1. The molecule has 4 nitrogen and oxygen atoms in total. The van der Waals surface area contributed by atoms with Gasteiger partial charge in [0.2, 0.25) is 5.91 Å². The third-order valence-electron chi connectivity index (χ3n) is 4.32. The number of carbonyl (C=O) groups excluding carboxylic acids is 1. The Bertz CT molecular complexity index is 537. The van der Waals surface area contributed by atoms with E-state index in [1.54, 1.807) is 6.08 Å². The molecule has 1 saturated heterocycles. The van der Waals surface area contributed by atoms with Crippen LogP contribution in [0, 0.1) is 6.92 Å². The molecule has 4 heteroatoms. The van der Waals surface area contributed by atoms with Crippen LogP contribution < -0.4 is 0 Å². The SMILES string of the molecule is Cc1ccc(C[C@H]2[C@@H](O)CCCN2C(=O)/C=C/CN(C)C)cc1. The second kappa shape index (κ2) is 8.27. The second-order valence-electron chi connectivity index (χ2n) is 6.66. The number of carbonyl (C=O) groups is 1. The van der Waals surface area contributed by atoms with Crippen molar-refractivity contribution in [3.63, 3.8) is 0 Å². The maximum Gasteiger partial charge on any atom is 0.246 e. The molecule has 2 atom stereocenters. The third-order valence-corrected chi connectivity index (χ3v) is 4.32. The maximum atomic E-state index is 12.5. The number of likely N-dealkylation sites (N-methyl/N-ethyl adjacent to an activating group) is 1. The zero-order chi connectivity index (χ0) is 16.8. The first-order valence-corrected chi connectivity index (χ1v) is 8.33. The Morgan fingerprint density at radius 1 is 1.35 bits per heavy atom. The van der Waals surface area contributed by atoms with Gasteiger partial charge in [-0.2, -0.15) is 0 Å². The predicted octanol–water partition coefficient (Wildman–Crippen LogP) is 2.01. The monoisotopic (exact) mass is 316 g/mol. The lowest BCUT2D eigenvalue weighted by molar-refractivity contribution is -0.133. The Labute approximate surface area is 139 Å². The Hall–Kier alpha value is -1.65. The number of aliphatic hydroxyl groups excluding tert-OH is 1. The quantitative estimate of drug-likeness (QED) is 0.845. The molecule has 2 rings (SSSR count). The normalized spacial score (nSPS) is 22.0. The van der Waals surface area contributed by atoms with Crippen LogP contribution in [0.3, 0.4) is 0 Å². The molecule has 0 bridgehead atoms. The predicted molar refractivity (Wildman–Crippen MR) is 93.3 cm³/mol. The zero-order valence-corrected chi connectivity index (χ0v) is 14.4. The summed E-state index contributed by atoms with van der Waals surface area (Å²) in [5.74, 6) is 0.00251. The minimum absolute atomic E-state index is 0.00251. The molecule has 1 N–H and O–H groups in total.